The van der Waals surface area contributed by atoms with Crippen molar-refractivity contribution in [2.24, 2.45) is 0 Å². The Morgan fingerprint density at radius 2 is 2.00 bits per heavy atom. The lowest BCUT2D eigenvalue weighted by Crippen LogP contribution is -2.33. The molecule has 3 heteroatoms. The fourth-order valence-corrected chi connectivity index (χ4v) is 1.74. The quantitative estimate of drug-likeness (QED) is 0.615. The van der Waals surface area contributed by atoms with Gasteiger partial charge in [0.15, 0.2) is 6.23 Å². The normalized spacial score (nSPS) is 20.6. The van der Waals surface area contributed by atoms with E-state index < -0.39 is 0 Å². The van der Waals surface area contributed by atoms with Gasteiger partial charge in [-0.1, -0.05) is 24.3 Å². The summed E-state index contributed by atoms with van der Waals surface area (Å²) in [5, 5.41) is 3.30. The first kappa shape index (κ1) is 11.6. The summed E-state index contributed by atoms with van der Waals surface area (Å²) >= 11 is 0. The first-order valence-corrected chi connectivity index (χ1v) is 5.72. The number of benzene rings is 1. The largest absolute Gasteiger partial charge is 0.285 e. The van der Waals surface area contributed by atoms with Crippen molar-refractivity contribution in [2.45, 2.75) is 39.0 Å². The Kier molecular flexibility index (Phi) is 3.28. The van der Waals surface area contributed by atoms with E-state index >= 15 is 0 Å². The lowest BCUT2D eigenvalue weighted by molar-refractivity contribution is -0.381. The van der Waals surface area contributed by atoms with Crippen molar-refractivity contribution in [3.63, 3.8) is 0 Å². The molecule has 0 spiro atoms. The van der Waals surface area contributed by atoms with E-state index in [1.807, 2.05) is 26.8 Å². The second kappa shape index (κ2) is 4.53. The van der Waals surface area contributed by atoms with Crippen LogP contribution in [0.1, 0.15) is 38.1 Å². The molecule has 16 heavy (non-hydrogen) atoms. The third-order valence-electron chi connectivity index (χ3n) is 2.46. The van der Waals surface area contributed by atoms with Crippen molar-refractivity contribution < 1.29 is 9.78 Å². The third-order valence-corrected chi connectivity index (χ3v) is 2.46. The van der Waals surface area contributed by atoms with E-state index in [0.29, 0.717) is 0 Å². The van der Waals surface area contributed by atoms with Gasteiger partial charge in [0.05, 0.1) is 5.60 Å². The summed E-state index contributed by atoms with van der Waals surface area (Å²) in [4.78, 5) is 10.8. The molecule has 1 atom stereocenters. The molecule has 0 aromatic heterocycles. The molecule has 1 N–H and O–H groups in total. The molecule has 0 aliphatic carbocycles. The standard InChI is InChI=1S/C13H19NO2/c1-13(2,3)16-15-12-11-7-5-4-6-10(11)8-9-14-12/h4-7,12,14H,8-9H2,1-3H3. The lowest BCUT2D eigenvalue weighted by Gasteiger charge is -2.28. The van der Waals surface area contributed by atoms with E-state index in [-0.39, 0.29) is 11.8 Å². The molecule has 0 radical (unpaired) electrons. The molecule has 0 saturated carbocycles. The smallest absolute Gasteiger partial charge is 0.169 e. The summed E-state index contributed by atoms with van der Waals surface area (Å²) < 4.78 is 0. The topological polar surface area (TPSA) is 30.5 Å². The van der Waals surface area contributed by atoms with Crippen molar-refractivity contribution in [1.82, 2.24) is 5.32 Å². The van der Waals surface area contributed by atoms with Crippen LogP contribution in [0.15, 0.2) is 24.3 Å². The van der Waals surface area contributed by atoms with E-state index in [1.165, 1.54) is 11.1 Å². The highest BCUT2D eigenvalue weighted by Crippen LogP contribution is 2.25. The summed E-state index contributed by atoms with van der Waals surface area (Å²) in [7, 11) is 0. The van der Waals surface area contributed by atoms with Gasteiger partial charge < -0.3 is 0 Å². The van der Waals surface area contributed by atoms with Crippen LogP contribution < -0.4 is 5.32 Å². The zero-order valence-electron chi connectivity index (χ0n) is 10.1. The maximum absolute atomic E-state index is 5.46. The Bertz CT molecular complexity index is 357. The van der Waals surface area contributed by atoms with E-state index in [9.17, 15) is 0 Å². The van der Waals surface area contributed by atoms with Gasteiger partial charge in [0, 0.05) is 12.1 Å². The zero-order chi connectivity index (χ0) is 11.6. The average Bonchev–Trinajstić information content (AvgIpc) is 2.25. The third kappa shape index (κ3) is 2.82. The van der Waals surface area contributed by atoms with Crippen LogP contribution in [0, 0.1) is 0 Å². The average molecular weight is 221 g/mol. The Hall–Kier alpha value is -0.900. The van der Waals surface area contributed by atoms with Gasteiger partial charge in [0.25, 0.3) is 0 Å². The Morgan fingerprint density at radius 3 is 2.75 bits per heavy atom. The van der Waals surface area contributed by atoms with Crippen LogP contribution in [-0.4, -0.2) is 12.1 Å². The van der Waals surface area contributed by atoms with Gasteiger partial charge in [-0.2, -0.15) is 0 Å². The summed E-state index contributed by atoms with van der Waals surface area (Å²) in [6.07, 6.45) is 0.898. The Labute approximate surface area is 96.7 Å². The predicted octanol–water partition coefficient (Wildman–Crippen LogP) is 2.58. The monoisotopic (exact) mass is 221 g/mol. The molecule has 1 unspecified atom stereocenters. The molecular formula is C13H19NO2. The van der Waals surface area contributed by atoms with Crippen molar-refractivity contribution >= 4 is 0 Å². The van der Waals surface area contributed by atoms with Crippen LogP contribution in [0.3, 0.4) is 0 Å². The van der Waals surface area contributed by atoms with E-state index in [1.54, 1.807) is 0 Å². The number of nitrogens with one attached hydrogen (secondary N) is 1. The fourth-order valence-electron chi connectivity index (χ4n) is 1.74. The lowest BCUT2D eigenvalue weighted by atomic mass is 10.00. The van der Waals surface area contributed by atoms with Gasteiger partial charge in [0.1, 0.15) is 0 Å². The highest BCUT2D eigenvalue weighted by molar-refractivity contribution is 5.30. The predicted molar refractivity (Wildman–Crippen MR) is 62.8 cm³/mol. The number of hydrogen-bond acceptors (Lipinski definition) is 3. The van der Waals surface area contributed by atoms with Gasteiger partial charge in [-0.3, -0.25) is 5.32 Å². The first-order valence-electron chi connectivity index (χ1n) is 5.72. The Morgan fingerprint density at radius 1 is 1.25 bits per heavy atom. The van der Waals surface area contributed by atoms with Crippen LogP contribution in [0.4, 0.5) is 0 Å². The molecule has 1 aliphatic rings. The van der Waals surface area contributed by atoms with Gasteiger partial charge in [0.2, 0.25) is 0 Å². The summed E-state index contributed by atoms with van der Waals surface area (Å²) in [5.74, 6) is 0. The fraction of sp³-hybridized carbons (Fsp3) is 0.538. The van der Waals surface area contributed by atoms with E-state index in [4.69, 9.17) is 9.78 Å². The zero-order valence-corrected chi connectivity index (χ0v) is 10.1. The number of rotatable bonds is 2. The van der Waals surface area contributed by atoms with Gasteiger partial charge in [-0.05, 0) is 32.8 Å². The van der Waals surface area contributed by atoms with Crippen LogP contribution in [0.25, 0.3) is 0 Å². The van der Waals surface area contributed by atoms with Gasteiger partial charge in [-0.15, -0.1) is 0 Å². The minimum Gasteiger partial charge on any atom is -0.285 e. The SMILES string of the molecule is CC(C)(C)OOC1NCCc2ccccc21. The molecular weight excluding hydrogens is 202 g/mol. The summed E-state index contributed by atoms with van der Waals surface area (Å²) in [6.45, 7) is 6.85. The maximum Gasteiger partial charge on any atom is 0.169 e. The molecule has 88 valence electrons. The van der Waals surface area contributed by atoms with Crippen molar-refractivity contribution in [3.8, 4) is 0 Å². The van der Waals surface area contributed by atoms with Gasteiger partial charge in [-0.25, -0.2) is 9.78 Å². The van der Waals surface area contributed by atoms with Crippen LogP contribution in [0.5, 0.6) is 0 Å². The number of fused-ring (bicyclic) bond motifs is 1. The highest BCUT2D eigenvalue weighted by atomic mass is 17.2. The van der Waals surface area contributed by atoms with Crippen LogP contribution in [-0.2, 0) is 16.2 Å². The molecule has 0 saturated heterocycles. The first-order chi connectivity index (χ1) is 7.56. The van der Waals surface area contributed by atoms with E-state index in [0.717, 1.165) is 13.0 Å². The second-order valence-electron chi connectivity index (χ2n) is 5.07. The van der Waals surface area contributed by atoms with Crippen molar-refractivity contribution in [3.05, 3.63) is 35.4 Å². The molecule has 1 aromatic rings. The van der Waals surface area contributed by atoms with Crippen molar-refractivity contribution in [1.29, 1.82) is 0 Å². The molecule has 3 nitrogen and oxygen atoms in total. The summed E-state index contributed by atoms with van der Waals surface area (Å²) in [6, 6.07) is 8.31. The number of hydrogen-bond donors (Lipinski definition) is 1. The molecule has 0 bridgehead atoms. The minimum absolute atomic E-state index is 0.149. The molecule has 2 rings (SSSR count). The minimum atomic E-state index is -0.284. The van der Waals surface area contributed by atoms with Gasteiger partial charge >= 0.3 is 0 Å². The highest BCUT2D eigenvalue weighted by Gasteiger charge is 2.23. The molecule has 0 fully saturated rings. The van der Waals surface area contributed by atoms with Crippen LogP contribution >= 0.6 is 0 Å². The Balaban J connectivity index is 2.07. The second-order valence-corrected chi connectivity index (χ2v) is 5.07. The molecule has 0 amide bonds. The molecule has 1 heterocycles. The maximum atomic E-state index is 5.46. The molecule has 1 aromatic carbocycles. The summed E-state index contributed by atoms with van der Waals surface area (Å²) in [5.41, 5.74) is 2.23. The van der Waals surface area contributed by atoms with Crippen molar-refractivity contribution in [2.75, 3.05) is 6.54 Å². The van der Waals surface area contributed by atoms with Crippen LogP contribution in [0.2, 0.25) is 0 Å². The molecule has 1 aliphatic heterocycles. The van der Waals surface area contributed by atoms with E-state index in [2.05, 4.69) is 23.5 Å².